The number of aromatic nitrogens is 2. The van der Waals surface area contributed by atoms with Gasteiger partial charge in [-0.15, -0.1) is 0 Å². The van der Waals surface area contributed by atoms with E-state index in [4.69, 9.17) is 9.26 Å². The van der Waals surface area contributed by atoms with Crippen LogP contribution < -0.4 is 0 Å². The number of carbonyl (C=O) groups excluding carboxylic acids is 1. The van der Waals surface area contributed by atoms with Gasteiger partial charge in [0, 0.05) is 31.7 Å². The van der Waals surface area contributed by atoms with Crippen LogP contribution in [0.4, 0.5) is 0 Å². The van der Waals surface area contributed by atoms with Gasteiger partial charge >= 0.3 is 0 Å². The third-order valence-corrected chi connectivity index (χ3v) is 4.62. The van der Waals surface area contributed by atoms with Gasteiger partial charge in [-0.1, -0.05) is 29.4 Å². The lowest BCUT2D eigenvalue weighted by Crippen LogP contribution is -2.42. The average Bonchev–Trinajstić information content (AvgIpc) is 3.08. The molecule has 6 heteroatoms. The molecule has 1 aliphatic rings. The van der Waals surface area contributed by atoms with Crippen molar-refractivity contribution in [3.63, 3.8) is 0 Å². The van der Waals surface area contributed by atoms with E-state index in [1.54, 1.807) is 0 Å². The number of hydrogen-bond acceptors (Lipinski definition) is 5. The molecule has 1 aromatic carbocycles. The largest absolute Gasteiger partial charge is 0.372 e. The van der Waals surface area contributed by atoms with E-state index in [9.17, 15) is 4.79 Å². The summed E-state index contributed by atoms with van der Waals surface area (Å²) in [5, 5.41) is 4.12. The maximum atomic E-state index is 12.1. The van der Waals surface area contributed by atoms with Crippen LogP contribution in [-0.4, -0.2) is 47.3 Å². The second-order valence-electron chi connectivity index (χ2n) is 6.52. The number of hydrogen-bond donors (Lipinski definition) is 0. The van der Waals surface area contributed by atoms with Crippen LogP contribution in [0.15, 0.2) is 28.8 Å². The Morgan fingerprint density at radius 1 is 1.40 bits per heavy atom. The van der Waals surface area contributed by atoms with Crippen molar-refractivity contribution in [2.45, 2.75) is 33.1 Å². The number of nitrogens with zero attached hydrogens (tertiary/aromatic N) is 3. The first-order valence-electron chi connectivity index (χ1n) is 8.91. The van der Waals surface area contributed by atoms with Gasteiger partial charge < -0.3 is 14.2 Å². The van der Waals surface area contributed by atoms with Crippen LogP contribution in [0.1, 0.15) is 31.2 Å². The van der Waals surface area contributed by atoms with Crippen LogP contribution in [0.5, 0.6) is 0 Å². The van der Waals surface area contributed by atoms with E-state index in [0.29, 0.717) is 30.7 Å². The van der Waals surface area contributed by atoms with Crippen molar-refractivity contribution in [1.82, 2.24) is 15.0 Å². The molecule has 1 amide bonds. The predicted octanol–water partition coefficient (Wildman–Crippen LogP) is 2.86. The Bertz CT molecular complexity index is 713. The Labute approximate surface area is 148 Å². The van der Waals surface area contributed by atoms with Crippen LogP contribution in [0.3, 0.4) is 0 Å². The van der Waals surface area contributed by atoms with Crippen molar-refractivity contribution in [2.24, 2.45) is 5.92 Å². The topological polar surface area (TPSA) is 68.5 Å². The summed E-state index contributed by atoms with van der Waals surface area (Å²) in [6, 6.07) is 8.00. The number of aryl methyl sites for hydroxylation is 1. The molecule has 6 nitrogen and oxygen atoms in total. The molecule has 2 heterocycles. The van der Waals surface area contributed by atoms with Gasteiger partial charge in [0.25, 0.3) is 0 Å². The van der Waals surface area contributed by atoms with E-state index in [-0.39, 0.29) is 12.5 Å². The molecule has 0 radical (unpaired) electrons. The highest BCUT2D eigenvalue weighted by molar-refractivity contribution is 5.77. The number of ether oxygens (including phenoxy) is 1. The summed E-state index contributed by atoms with van der Waals surface area (Å²) < 4.78 is 10.7. The van der Waals surface area contributed by atoms with Crippen LogP contribution in [0.2, 0.25) is 0 Å². The molecule has 0 N–H and O–H groups in total. The number of rotatable bonds is 6. The van der Waals surface area contributed by atoms with Gasteiger partial charge in [0.2, 0.25) is 17.6 Å². The quantitative estimate of drug-likeness (QED) is 0.807. The fraction of sp³-hybridized carbons (Fsp3) is 0.526. The Morgan fingerprint density at radius 3 is 3.04 bits per heavy atom. The molecule has 134 valence electrons. The first-order valence-corrected chi connectivity index (χ1v) is 8.91. The smallest absolute Gasteiger partial charge is 0.248 e. The van der Waals surface area contributed by atoms with Gasteiger partial charge in [0.15, 0.2) is 0 Å². The van der Waals surface area contributed by atoms with Crippen molar-refractivity contribution < 1.29 is 14.1 Å². The molecule has 0 spiro atoms. The zero-order valence-corrected chi connectivity index (χ0v) is 14.9. The zero-order chi connectivity index (χ0) is 17.6. The molecule has 25 heavy (non-hydrogen) atoms. The van der Waals surface area contributed by atoms with Crippen LogP contribution in [0.25, 0.3) is 11.4 Å². The highest BCUT2D eigenvalue weighted by atomic mass is 16.5. The normalized spacial score (nSPS) is 17.7. The number of carbonyl (C=O) groups is 1. The first-order chi connectivity index (χ1) is 12.2. The van der Waals surface area contributed by atoms with E-state index in [1.165, 1.54) is 0 Å². The van der Waals surface area contributed by atoms with Gasteiger partial charge in [-0.2, -0.15) is 4.98 Å². The van der Waals surface area contributed by atoms with Gasteiger partial charge in [-0.25, -0.2) is 0 Å². The molecule has 3 rings (SSSR count). The van der Waals surface area contributed by atoms with E-state index >= 15 is 0 Å². The maximum Gasteiger partial charge on any atom is 0.248 e. The number of likely N-dealkylation sites (tertiary alicyclic amines) is 1. The number of amides is 1. The minimum Gasteiger partial charge on any atom is -0.372 e. The maximum absolute atomic E-state index is 12.1. The number of piperidine rings is 1. The molecule has 1 saturated heterocycles. The molecule has 1 aromatic heterocycles. The average molecular weight is 343 g/mol. The summed E-state index contributed by atoms with van der Waals surface area (Å²) in [6.45, 7) is 6.20. The van der Waals surface area contributed by atoms with E-state index in [1.807, 2.05) is 43.0 Å². The third-order valence-electron chi connectivity index (χ3n) is 4.62. The van der Waals surface area contributed by atoms with Gasteiger partial charge in [0.1, 0.15) is 6.61 Å². The van der Waals surface area contributed by atoms with Gasteiger partial charge in [-0.3, -0.25) is 4.79 Å². The highest BCUT2D eigenvalue weighted by Gasteiger charge is 2.25. The summed E-state index contributed by atoms with van der Waals surface area (Å²) in [6.07, 6.45) is 2.78. The summed E-state index contributed by atoms with van der Waals surface area (Å²) >= 11 is 0. The minimum absolute atomic E-state index is 0.0673. The van der Waals surface area contributed by atoms with Crippen LogP contribution >= 0.6 is 0 Å². The lowest BCUT2D eigenvalue weighted by atomic mass is 9.94. The van der Waals surface area contributed by atoms with Crippen molar-refractivity contribution in [1.29, 1.82) is 0 Å². The second-order valence-corrected chi connectivity index (χ2v) is 6.52. The summed E-state index contributed by atoms with van der Waals surface area (Å²) in [4.78, 5) is 18.6. The lowest BCUT2D eigenvalue weighted by Gasteiger charge is -2.32. The van der Waals surface area contributed by atoms with Crippen LogP contribution in [0, 0.1) is 12.8 Å². The van der Waals surface area contributed by atoms with Crippen molar-refractivity contribution in [3.8, 4) is 11.4 Å². The number of benzene rings is 1. The van der Waals surface area contributed by atoms with Gasteiger partial charge in [-0.05, 0) is 38.2 Å². The highest BCUT2D eigenvalue weighted by Crippen LogP contribution is 2.23. The zero-order valence-electron chi connectivity index (χ0n) is 14.9. The molecule has 0 unspecified atom stereocenters. The Kier molecular flexibility index (Phi) is 5.81. The standard InChI is InChI=1S/C19H25N3O3/c1-3-24-13-18(23)22-10-6-8-15(12-22)11-17-20-19(21-25-17)16-9-5-4-7-14(16)2/h4-5,7,9,15H,3,6,8,10-13H2,1-2H3/t15-/m1/s1. The lowest BCUT2D eigenvalue weighted by molar-refractivity contribution is -0.137. The predicted molar refractivity (Wildman–Crippen MR) is 94.0 cm³/mol. The molecule has 0 saturated carbocycles. The van der Waals surface area contributed by atoms with E-state index in [2.05, 4.69) is 10.1 Å². The first kappa shape index (κ1) is 17.6. The summed E-state index contributed by atoms with van der Waals surface area (Å²) in [5.41, 5.74) is 2.12. The van der Waals surface area contributed by atoms with E-state index in [0.717, 1.165) is 37.1 Å². The Balaban J connectivity index is 1.61. The molecule has 0 bridgehead atoms. The minimum atomic E-state index is 0.0673. The van der Waals surface area contributed by atoms with Crippen molar-refractivity contribution in [3.05, 3.63) is 35.7 Å². The molecule has 1 fully saturated rings. The van der Waals surface area contributed by atoms with Crippen LogP contribution in [-0.2, 0) is 16.0 Å². The fourth-order valence-corrected chi connectivity index (χ4v) is 3.26. The SMILES string of the molecule is CCOCC(=O)N1CCC[C@H](Cc2nc(-c3ccccc3C)no2)C1. The summed E-state index contributed by atoms with van der Waals surface area (Å²) in [7, 11) is 0. The fourth-order valence-electron chi connectivity index (χ4n) is 3.26. The molecule has 0 aliphatic carbocycles. The molecule has 1 atom stereocenters. The van der Waals surface area contributed by atoms with Crippen molar-refractivity contribution >= 4 is 5.91 Å². The molecule has 1 aliphatic heterocycles. The monoisotopic (exact) mass is 343 g/mol. The molecule has 2 aromatic rings. The Hall–Kier alpha value is -2.21. The third kappa shape index (κ3) is 4.45. The summed E-state index contributed by atoms with van der Waals surface area (Å²) in [5.74, 6) is 1.69. The molecular weight excluding hydrogens is 318 g/mol. The Morgan fingerprint density at radius 2 is 2.24 bits per heavy atom. The van der Waals surface area contributed by atoms with E-state index < -0.39 is 0 Å². The van der Waals surface area contributed by atoms with Crippen molar-refractivity contribution in [2.75, 3.05) is 26.3 Å². The molecular formula is C19H25N3O3. The van der Waals surface area contributed by atoms with Gasteiger partial charge in [0.05, 0.1) is 0 Å². The second kappa shape index (κ2) is 8.25.